The van der Waals surface area contributed by atoms with Crippen LogP contribution < -0.4 is 15.4 Å². The Labute approximate surface area is 176 Å². The van der Waals surface area contributed by atoms with Crippen molar-refractivity contribution in [3.8, 4) is 5.75 Å². The van der Waals surface area contributed by atoms with Crippen LogP contribution in [-0.2, 0) is 11.4 Å². The van der Waals surface area contributed by atoms with Gasteiger partial charge in [-0.2, -0.15) is 0 Å². The lowest BCUT2D eigenvalue weighted by Crippen LogP contribution is -2.54. The van der Waals surface area contributed by atoms with E-state index in [2.05, 4.69) is 29.7 Å². The predicted molar refractivity (Wildman–Crippen MR) is 116 cm³/mol. The molecule has 150 valence electrons. The highest BCUT2D eigenvalue weighted by atomic mass is 32.2. The summed E-state index contributed by atoms with van der Waals surface area (Å²) in [5, 5.41) is 7.00. The lowest BCUT2D eigenvalue weighted by atomic mass is 9.83. The zero-order valence-electron chi connectivity index (χ0n) is 16.6. The first-order valence-electron chi connectivity index (χ1n) is 10.4. The largest absolute Gasteiger partial charge is 0.489 e. The maximum absolute atomic E-state index is 12.9. The fourth-order valence-corrected chi connectivity index (χ4v) is 6.18. The van der Waals surface area contributed by atoms with E-state index in [4.69, 9.17) is 4.74 Å². The maximum atomic E-state index is 12.9. The highest BCUT2D eigenvalue weighted by Gasteiger charge is 2.45. The first kappa shape index (κ1) is 18.8. The minimum atomic E-state index is -0.154. The molecule has 0 saturated carbocycles. The van der Waals surface area contributed by atoms with Crippen molar-refractivity contribution in [1.82, 2.24) is 10.6 Å². The van der Waals surface area contributed by atoms with Gasteiger partial charge in [-0.25, -0.2) is 0 Å². The van der Waals surface area contributed by atoms with Gasteiger partial charge < -0.3 is 10.1 Å². The van der Waals surface area contributed by atoms with Crippen molar-refractivity contribution in [2.45, 2.75) is 44.3 Å². The molecule has 4 unspecified atom stereocenters. The molecule has 1 amide bonds. The van der Waals surface area contributed by atoms with Crippen molar-refractivity contribution >= 4 is 17.7 Å². The second kappa shape index (κ2) is 7.88. The van der Waals surface area contributed by atoms with E-state index in [9.17, 15) is 4.79 Å². The average molecular weight is 407 g/mol. The molecule has 0 spiro atoms. The number of hydrogen-bond acceptors (Lipinski definition) is 4. The number of allylic oxidation sites excluding steroid dienone is 1. The van der Waals surface area contributed by atoms with Crippen molar-refractivity contribution in [2.75, 3.05) is 0 Å². The van der Waals surface area contributed by atoms with Gasteiger partial charge in [0.2, 0.25) is 5.91 Å². The Kier molecular flexibility index (Phi) is 5.10. The van der Waals surface area contributed by atoms with Crippen LogP contribution in [-0.4, -0.2) is 11.3 Å². The quantitative estimate of drug-likeness (QED) is 0.770. The molecule has 4 atom stereocenters. The molecular weight excluding hydrogens is 380 g/mol. The van der Waals surface area contributed by atoms with Gasteiger partial charge in [-0.15, -0.1) is 11.8 Å². The second-order valence-electron chi connectivity index (χ2n) is 8.26. The molecule has 5 rings (SSSR count). The molecule has 4 nitrogen and oxygen atoms in total. The van der Waals surface area contributed by atoms with E-state index in [1.807, 2.05) is 54.2 Å². The fourth-order valence-electron chi connectivity index (χ4n) is 4.49. The van der Waals surface area contributed by atoms with Crippen molar-refractivity contribution in [1.29, 1.82) is 0 Å². The van der Waals surface area contributed by atoms with Gasteiger partial charge in [-0.1, -0.05) is 49.4 Å². The smallest absolute Gasteiger partial charge is 0.231 e. The number of ether oxygens (including phenoxy) is 1. The fraction of sp³-hybridized carbons (Fsp3) is 0.375. The summed E-state index contributed by atoms with van der Waals surface area (Å²) in [5.41, 5.74) is 3.58. The monoisotopic (exact) mass is 406 g/mol. The van der Waals surface area contributed by atoms with Gasteiger partial charge in [0, 0.05) is 0 Å². The van der Waals surface area contributed by atoms with E-state index < -0.39 is 0 Å². The van der Waals surface area contributed by atoms with E-state index in [1.54, 1.807) is 0 Å². The summed E-state index contributed by atoms with van der Waals surface area (Å²) in [6.07, 6.45) is 3.24. The molecule has 2 aromatic rings. The van der Waals surface area contributed by atoms with Gasteiger partial charge in [-0.3, -0.25) is 10.1 Å². The average Bonchev–Trinajstić information content (AvgIpc) is 3.11. The van der Waals surface area contributed by atoms with Crippen LogP contribution in [0.5, 0.6) is 5.75 Å². The Morgan fingerprint density at radius 1 is 1.10 bits per heavy atom. The topological polar surface area (TPSA) is 50.4 Å². The molecule has 0 radical (unpaired) electrons. The Balaban J connectivity index is 1.24. The van der Waals surface area contributed by atoms with E-state index in [0.29, 0.717) is 6.61 Å². The first-order valence-corrected chi connectivity index (χ1v) is 11.3. The summed E-state index contributed by atoms with van der Waals surface area (Å²) in [7, 11) is 0. The normalized spacial score (nSPS) is 28.5. The number of thioether (sulfide) groups is 1. The number of amides is 1. The molecule has 2 aliphatic heterocycles. The SMILES string of the molecule is CC1CCC2=C(C1)SC1NC(c3ccc(OCc4ccccc4)cc3)NC(=O)C21. The molecule has 1 saturated heterocycles. The minimum Gasteiger partial charge on any atom is -0.489 e. The Bertz CT molecular complexity index is 926. The molecule has 0 aromatic heterocycles. The van der Waals surface area contributed by atoms with Crippen LogP contribution in [0.1, 0.15) is 43.5 Å². The van der Waals surface area contributed by atoms with Gasteiger partial charge in [0.05, 0.1) is 11.3 Å². The lowest BCUT2D eigenvalue weighted by Gasteiger charge is -2.34. The third kappa shape index (κ3) is 3.81. The van der Waals surface area contributed by atoms with Crippen LogP contribution in [0.2, 0.25) is 0 Å². The van der Waals surface area contributed by atoms with Crippen LogP contribution in [0.4, 0.5) is 0 Å². The van der Waals surface area contributed by atoms with E-state index in [-0.39, 0.29) is 23.4 Å². The summed E-state index contributed by atoms with van der Waals surface area (Å²) in [4.78, 5) is 14.3. The molecular formula is C24H26N2O2S. The molecule has 29 heavy (non-hydrogen) atoms. The molecule has 3 aliphatic rings. The minimum absolute atomic E-state index is 0.00720. The number of benzene rings is 2. The molecule has 5 heteroatoms. The summed E-state index contributed by atoms with van der Waals surface area (Å²) in [6, 6.07) is 18.2. The van der Waals surface area contributed by atoms with Crippen molar-refractivity contribution in [3.05, 3.63) is 76.2 Å². The highest BCUT2D eigenvalue weighted by Crippen LogP contribution is 2.50. The van der Waals surface area contributed by atoms with Gasteiger partial charge in [0.1, 0.15) is 18.5 Å². The molecule has 0 bridgehead atoms. The predicted octanol–water partition coefficient (Wildman–Crippen LogP) is 4.75. The van der Waals surface area contributed by atoms with Gasteiger partial charge in [-0.05, 0) is 58.9 Å². The molecule has 1 fully saturated rings. The van der Waals surface area contributed by atoms with Gasteiger partial charge >= 0.3 is 0 Å². The maximum Gasteiger partial charge on any atom is 0.231 e. The van der Waals surface area contributed by atoms with Crippen molar-refractivity contribution < 1.29 is 9.53 Å². The molecule has 1 aliphatic carbocycles. The molecule has 2 N–H and O–H groups in total. The number of rotatable bonds is 4. The van der Waals surface area contributed by atoms with Gasteiger partial charge in [0.25, 0.3) is 0 Å². The Hall–Kier alpha value is -2.24. The zero-order chi connectivity index (χ0) is 19.8. The molecule has 2 aromatic carbocycles. The number of hydrogen-bond donors (Lipinski definition) is 2. The van der Waals surface area contributed by atoms with Crippen molar-refractivity contribution in [2.24, 2.45) is 11.8 Å². The Morgan fingerprint density at radius 2 is 1.90 bits per heavy atom. The van der Waals surface area contributed by atoms with Crippen LogP contribution >= 0.6 is 11.8 Å². The zero-order valence-corrected chi connectivity index (χ0v) is 17.4. The first-order chi connectivity index (χ1) is 14.2. The van der Waals surface area contributed by atoms with Crippen LogP contribution in [0, 0.1) is 11.8 Å². The Morgan fingerprint density at radius 3 is 2.69 bits per heavy atom. The summed E-state index contributed by atoms with van der Waals surface area (Å²) in [5.74, 6) is 1.71. The third-order valence-electron chi connectivity index (χ3n) is 6.11. The number of fused-ring (bicyclic) bond motifs is 2. The summed E-state index contributed by atoms with van der Waals surface area (Å²) < 4.78 is 5.88. The highest BCUT2D eigenvalue weighted by molar-refractivity contribution is 8.04. The number of carbonyl (C=O) groups is 1. The second-order valence-corrected chi connectivity index (χ2v) is 9.50. The summed E-state index contributed by atoms with van der Waals surface area (Å²) >= 11 is 1.88. The van der Waals surface area contributed by atoms with Crippen LogP contribution in [0.15, 0.2) is 65.1 Å². The van der Waals surface area contributed by atoms with Crippen LogP contribution in [0.3, 0.4) is 0 Å². The third-order valence-corrected chi connectivity index (χ3v) is 7.48. The lowest BCUT2D eigenvalue weighted by molar-refractivity contribution is -0.127. The number of nitrogens with one attached hydrogen (secondary N) is 2. The standard InChI is InChI=1S/C24H26N2O2S/c1-15-7-12-19-20(13-15)29-24-21(19)23(27)25-22(26-24)17-8-10-18(11-9-17)28-14-16-5-3-2-4-6-16/h2-6,8-11,15,21-22,24,26H,7,12-14H2,1H3,(H,25,27). The van der Waals surface area contributed by atoms with E-state index in [0.717, 1.165) is 35.6 Å². The van der Waals surface area contributed by atoms with Crippen molar-refractivity contribution in [3.63, 3.8) is 0 Å². The summed E-state index contributed by atoms with van der Waals surface area (Å²) in [6.45, 7) is 2.86. The molecule has 2 heterocycles. The van der Waals surface area contributed by atoms with Crippen LogP contribution in [0.25, 0.3) is 0 Å². The van der Waals surface area contributed by atoms with E-state index >= 15 is 0 Å². The van der Waals surface area contributed by atoms with Gasteiger partial charge in [0.15, 0.2) is 0 Å². The number of carbonyl (C=O) groups excluding carboxylic acids is 1. The van der Waals surface area contributed by atoms with E-state index in [1.165, 1.54) is 16.9 Å².